The quantitative estimate of drug-likeness (QED) is 0.514. The fourth-order valence-electron chi connectivity index (χ4n) is 1.88. The van der Waals surface area contributed by atoms with Crippen LogP contribution in [0.3, 0.4) is 0 Å². The number of hydrogen-bond donors (Lipinski definition) is 0. The first-order valence-corrected chi connectivity index (χ1v) is 8.27. The molecule has 0 saturated heterocycles. The maximum atomic E-state index is 11.4. The molecule has 1 aliphatic rings. The van der Waals surface area contributed by atoms with Crippen LogP contribution < -0.4 is 0 Å². The number of carbonyl (C=O) groups excluding carboxylic acids is 1. The van der Waals surface area contributed by atoms with Crippen molar-refractivity contribution in [2.24, 2.45) is 5.92 Å². The smallest absolute Gasteiger partial charge is 0.316 e. The monoisotopic (exact) mass is 198 g/mol. The minimum atomic E-state index is -1.26. The summed E-state index contributed by atoms with van der Waals surface area (Å²) in [5.41, 5.74) is 1.26. The fraction of sp³-hybridized carbons (Fsp3) is 0.700. The molecule has 0 bridgehead atoms. The van der Waals surface area contributed by atoms with Gasteiger partial charge >= 0.3 is 5.97 Å². The van der Waals surface area contributed by atoms with Crippen LogP contribution in [0, 0.1) is 5.92 Å². The molecule has 0 spiro atoms. The summed E-state index contributed by atoms with van der Waals surface area (Å²) in [7, 11) is -1.26. The molecule has 2 nitrogen and oxygen atoms in total. The van der Waals surface area contributed by atoms with E-state index in [1.807, 2.05) is 6.92 Å². The van der Waals surface area contributed by atoms with E-state index in [9.17, 15) is 4.79 Å². The summed E-state index contributed by atoms with van der Waals surface area (Å²) in [6.07, 6.45) is 0. The Morgan fingerprint density at radius 3 is 2.31 bits per heavy atom. The van der Waals surface area contributed by atoms with Gasteiger partial charge in [0.2, 0.25) is 0 Å². The molecule has 1 rings (SSSR count). The minimum absolute atomic E-state index is 0.0441. The molecule has 0 radical (unpaired) electrons. The molecular weight excluding hydrogens is 180 g/mol. The highest BCUT2D eigenvalue weighted by Crippen LogP contribution is 2.45. The highest BCUT2D eigenvalue weighted by molar-refractivity contribution is 6.84. The van der Waals surface area contributed by atoms with E-state index >= 15 is 0 Å². The predicted molar refractivity (Wildman–Crippen MR) is 56.2 cm³/mol. The number of ether oxygens (including phenoxy) is 1. The van der Waals surface area contributed by atoms with Gasteiger partial charge < -0.3 is 4.74 Å². The van der Waals surface area contributed by atoms with Crippen LogP contribution in [0.2, 0.25) is 19.6 Å². The Labute approximate surface area is 81.0 Å². The second-order valence-corrected chi connectivity index (χ2v) is 9.57. The van der Waals surface area contributed by atoms with E-state index < -0.39 is 8.07 Å². The van der Waals surface area contributed by atoms with Crippen molar-refractivity contribution in [3.8, 4) is 0 Å². The van der Waals surface area contributed by atoms with Crippen LogP contribution in [0.25, 0.3) is 0 Å². The molecule has 0 fully saturated rings. The van der Waals surface area contributed by atoms with Gasteiger partial charge in [-0.05, 0) is 13.8 Å². The van der Waals surface area contributed by atoms with Gasteiger partial charge in [-0.1, -0.05) is 30.4 Å². The first-order valence-electron chi connectivity index (χ1n) is 4.77. The van der Waals surface area contributed by atoms with E-state index in [0.29, 0.717) is 6.61 Å². The number of esters is 1. The SMILES string of the molecule is CCOC(=O)[C@H]1C(C)=C1[Si](C)(C)C. The van der Waals surface area contributed by atoms with Crippen molar-refractivity contribution in [3.05, 3.63) is 10.8 Å². The summed E-state index contributed by atoms with van der Waals surface area (Å²) >= 11 is 0. The largest absolute Gasteiger partial charge is 0.465 e. The molecule has 1 aliphatic carbocycles. The topological polar surface area (TPSA) is 26.3 Å². The number of rotatable bonds is 3. The van der Waals surface area contributed by atoms with Crippen LogP contribution in [0.1, 0.15) is 13.8 Å². The summed E-state index contributed by atoms with van der Waals surface area (Å²) in [5.74, 6) is 0.00374. The lowest BCUT2D eigenvalue weighted by Gasteiger charge is -2.12. The Kier molecular flexibility index (Phi) is 2.66. The molecule has 0 aromatic carbocycles. The van der Waals surface area contributed by atoms with Crippen LogP contribution in [0.4, 0.5) is 0 Å². The van der Waals surface area contributed by atoms with Crippen molar-refractivity contribution >= 4 is 14.0 Å². The first kappa shape index (κ1) is 10.5. The van der Waals surface area contributed by atoms with Crippen LogP contribution in [0.5, 0.6) is 0 Å². The molecule has 0 saturated carbocycles. The van der Waals surface area contributed by atoms with Crippen molar-refractivity contribution in [3.63, 3.8) is 0 Å². The van der Waals surface area contributed by atoms with Gasteiger partial charge in [-0.25, -0.2) is 0 Å². The van der Waals surface area contributed by atoms with Gasteiger partial charge in [0, 0.05) is 0 Å². The fourth-order valence-corrected chi connectivity index (χ4v) is 4.33. The van der Waals surface area contributed by atoms with E-state index in [-0.39, 0.29) is 11.9 Å². The van der Waals surface area contributed by atoms with Crippen molar-refractivity contribution in [2.45, 2.75) is 33.5 Å². The van der Waals surface area contributed by atoms with Crippen LogP contribution in [-0.4, -0.2) is 20.7 Å². The predicted octanol–water partition coefficient (Wildman–Crippen LogP) is 2.37. The number of carbonyl (C=O) groups is 1. The van der Waals surface area contributed by atoms with E-state index in [4.69, 9.17) is 4.74 Å². The summed E-state index contributed by atoms with van der Waals surface area (Å²) in [5, 5.41) is 1.39. The summed E-state index contributed by atoms with van der Waals surface area (Å²) in [6.45, 7) is 11.2. The zero-order chi connectivity index (χ0) is 10.2. The van der Waals surface area contributed by atoms with Gasteiger partial charge in [-0.3, -0.25) is 4.79 Å². The average Bonchev–Trinajstić information content (AvgIpc) is 2.60. The molecule has 13 heavy (non-hydrogen) atoms. The molecule has 0 heterocycles. The molecule has 0 aliphatic heterocycles. The Bertz CT molecular complexity index is 261. The van der Waals surface area contributed by atoms with Crippen molar-refractivity contribution in [1.82, 2.24) is 0 Å². The van der Waals surface area contributed by atoms with Gasteiger partial charge in [0.25, 0.3) is 0 Å². The Hall–Kier alpha value is -0.573. The van der Waals surface area contributed by atoms with Crippen molar-refractivity contribution in [2.75, 3.05) is 6.61 Å². The van der Waals surface area contributed by atoms with E-state index in [2.05, 4.69) is 26.6 Å². The third kappa shape index (κ3) is 2.02. The lowest BCUT2D eigenvalue weighted by atomic mass is 10.3. The highest BCUT2D eigenvalue weighted by Gasteiger charge is 2.46. The molecule has 0 unspecified atom stereocenters. The molecule has 0 aromatic rings. The maximum Gasteiger partial charge on any atom is 0.316 e. The highest BCUT2D eigenvalue weighted by atomic mass is 28.3. The summed E-state index contributed by atoms with van der Waals surface area (Å²) in [6, 6.07) is 0. The zero-order valence-corrected chi connectivity index (χ0v) is 10.1. The molecule has 0 aromatic heterocycles. The van der Waals surface area contributed by atoms with E-state index in [0.717, 1.165) is 0 Å². The molecule has 74 valence electrons. The zero-order valence-electron chi connectivity index (χ0n) is 9.10. The number of hydrogen-bond acceptors (Lipinski definition) is 2. The van der Waals surface area contributed by atoms with Gasteiger partial charge in [0.1, 0.15) is 0 Å². The first-order chi connectivity index (χ1) is 5.89. The third-order valence-corrected chi connectivity index (χ3v) is 4.69. The summed E-state index contributed by atoms with van der Waals surface area (Å²) < 4.78 is 5.00. The molecule has 1 atom stereocenters. The second-order valence-electron chi connectivity index (χ2n) is 4.53. The van der Waals surface area contributed by atoms with Gasteiger partial charge in [0.15, 0.2) is 0 Å². The molecule has 0 N–H and O–H groups in total. The molecule has 3 heteroatoms. The van der Waals surface area contributed by atoms with Gasteiger partial charge in [0.05, 0.1) is 20.6 Å². The third-order valence-electron chi connectivity index (χ3n) is 2.39. The van der Waals surface area contributed by atoms with Crippen molar-refractivity contribution in [1.29, 1.82) is 0 Å². The lowest BCUT2D eigenvalue weighted by Crippen LogP contribution is -2.23. The normalized spacial score (nSPS) is 21.8. The van der Waals surface area contributed by atoms with Gasteiger partial charge in [-0.15, -0.1) is 0 Å². The van der Waals surface area contributed by atoms with Crippen LogP contribution in [-0.2, 0) is 9.53 Å². The van der Waals surface area contributed by atoms with Crippen LogP contribution >= 0.6 is 0 Å². The summed E-state index contributed by atoms with van der Waals surface area (Å²) in [4.78, 5) is 11.4. The second kappa shape index (κ2) is 3.29. The van der Waals surface area contributed by atoms with Gasteiger partial charge in [-0.2, -0.15) is 0 Å². The van der Waals surface area contributed by atoms with E-state index in [1.165, 1.54) is 10.8 Å². The molecule has 0 amide bonds. The average molecular weight is 198 g/mol. The van der Waals surface area contributed by atoms with E-state index in [1.54, 1.807) is 0 Å². The lowest BCUT2D eigenvalue weighted by molar-refractivity contribution is -0.144. The van der Waals surface area contributed by atoms with Crippen molar-refractivity contribution < 1.29 is 9.53 Å². The standard InChI is InChI=1S/C10H18O2Si/c1-6-12-10(11)8-7(2)9(8)13(3,4)5/h8H,6H2,1-5H3/t8-/m0/s1. The Morgan fingerprint density at radius 2 is 2.00 bits per heavy atom. The Morgan fingerprint density at radius 1 is 1.46 bits per heavy atom. The minimum Gasteiger partial charge on any atom is -0.465 e. The van der Waals surface area contributed by atoms with Crippen LogP contribution in [0.15, 0.2) is 10.8 Å². The molecular formula is C10H18O2Si. The maximum absolute atomic E-state index is 11.4. The Balaban J connectivity index is 2.60.